The van der Waals surface area contributed by atoms with Crippen molar-refractivity contribution in [1.82, 2.24) is 9.97 Å². The molecule has 27 heavy (non-hydrogen) atoms. The summed E-state index contributed by atoms with van der Waals surface area (Å²) in [6.45, 7) is 0. The lowest BCUT2D eigenvalue weighted by atomic mass is 9.86. The molecular formula is C22H16Cl2N2O. The van der Waals surface area contributed by atoms with Gasteiger partial charge in [0.2, 0.25) is 0 Å². The first kappa shape index (κ1) is 17.8. The quantitative estimate of drug-likeness (QED) is 0.460. The molecule has 1 N–H and O–H groups in total. The molecule has 0 aliphatic rings. The maximum Gasteiger partial charge on any atom is 0.145 e. The molecule has 4 aromatic rings. The molecular weight excluding hydrogens is 379 g/mol. The standard InChI is InChI=1S/C22H16Cl2N2O/c23-15-7-9-20(24)19(12-15)18(13-16-5-1-2-10-25-16)17-8-6-14-4-3-11-26-21(14)22(17)27/h1-12,18,27H,13H2. The van der Waals surface area contributed by atoms with Gasteiger partial charge in [-0.25, -0.2) is 0 Å². The number of benzene rings is 2. The van der Waals surface area contributed by atoms with E-state index in [4.69, 9.17) is 23.2 Å². The van der Waals surface area contributed by atoms with Crippen molar-refractivity contribution in [2.45, 2.75) is 12.3 Å². The predicted molar refractivity (Wildman–Crippen MR) is 110 cm³/mol. The third kappa shape index (κ3) is 3.61. The zero-order valence-electron chi connectivity index (χ0n) is 14.3. The maximum atomic E-state index is 11.0. The molecule has 1 unspecified atom stereocenters. The van der Waals surface area contributed by atoms with Crippen molar-refractivity contribution in [3.63, 3.8) is 0 Å². The fourth-order valence-corrected chi connectivity index (χ4v) is 3.75. The number of hydrogen-bond donors (Lipinski definition) is 1. The summed E-state index contributed by atoms with van der Waals surface area (Å²) in [5.74, 6) is -0.0532. The van der Waals surface area contributed by atoms with E-state index in [1.165, 1.54) is 0 Å². The molecule has 3 nitrogen and oxygen atoms in total. The van der Waals surface area contributed by atoms with Gasteiger partial charge in [-0.1, -0.05) is 47.5 Å². The van der Waals surface area contributed by atoms with E-state index >= 15 is 0 Å². The number of nitrogens with zero attached hydrogens (tertiary/aromatic N) is 2. The van der Waals surface area contributed by atoms with E-state index in [9.17, 15) is 5.11 Å². The molecule has 2 heterocycles. The molecule has 134 valence electrons. The largest absolute Gasteiger partial charge is 0.505 e. The van der Waals surface area contributed by atoms with Gasteiger partial charge in [0.05, 0.1) is 0 Å². The van der Waals surface area contributed by atoms with Crippen LogP contribution in [0.25, 0.3) is 10.9 Å². The van der Waals surface area contributed by atoms with Crippen molar-refractivity contribution in [3.8, 4) is 5.75 Å². The Morgan fingerprint density at radius 1 is 0.852 bits per heavy atom. The van der Waals surface area contributed by atoms with Gasteiger partial charge >= 0.3 is 0 Å². The second-order valence-electron chi connectivity index (χ2n) is 6.32. The first-order chi connectivity index (χ1) is 13.1. The summed E-state index contributed by atoms with van der Waals surface area (Å²) >= 11 is 12.7. The molecule has 0 aliphatic carbocycles. The van der Waals surface area contributed by atoms with Gasteiger partial charge in [0, 0.05) is 51.4 Å². The molecule has 0 amide bonds. The molecule has 1 atom stereocenters. The van der Waals surface area contributed by atoms with Crippen LogP contribution in [0.5, 0.6) is 5.75 Å². The monoisotopic (exact) mass is 394 g/mol. The van der Waals surface area contributed by atoms with E-state index in [1.807, 2.05) is 48.5 Å². The van der Waals surface area contributed by atoms with Crippen molar-refractivity contribution in [2.24, 2.45) is 0 Å². The van der Waals surface area contributed by atoms with Crippen LogP contribution < -0.4 is 0 Å². The summed E-state index contributed by atoms with van der Waals surface area (Å²) in [6.07, 6.45) is 4.01. The van der Waals surface area contributed by atoms with Gasteiger partial charge in [0.25, 0.3) is 0 Å². The minimum absolute atomic E-state index is 0.157. The van der Waals surface area contributed by atoms with Crippen LogP contribution in [-0.4, -0.2) is 15.1 Å². The molecule has 0 spiro atoms. The first-order valence-corrected chi connectivity index (χ1v) is 9.30. The lowest BCUT2D eigenvalue weighted by Crippen LogP contribution is -2.08. The van der Waals surface area contributed by atoms with E-state index in [1.54, 1.807) is 24.5 Å². The second-order valence-corrected chi connectivity index (χ2v) is 7.17. The lowest BCUT2D eigenvalue weighted by Gasteiger charge is -2.21. The lowest BCUT2D eigenvalue weighted by molar-refractivity contribution is 0.469. The zero-order chi connectivity index (χ0) is 18.8. The van der Waals surface area contributed by atoms with Gasteiger partial charge in [-0.15, -0.1) is 0 Å². The number of phenolic OH excluding ortho intramolecular Hbond substituents is 1. The van der Waals surface area contributed by atoms with Gasteiger partial charge in [-0.3, -0.25) is 9.97 Å². The molecule has 2 aromatic carbocycles. The second kappa shape index (κ2) is 7.55. The number of hydrogen-bond acceptors (Lipinski definition) is 3. The number of phenols is 1. The van der Waals surface area contributed by atoms with Crippen LogP contribution in [0.15, 0.2) is 73.1 Å². The molecule has 5 heteroatoms. The van der Waals surface area contributed by atoms with Crippen LogP contribution in [0.1, 0.15) is 22.7 Å². The number of rotatable bonds is 4. The zero-order valence-corrected chi connectivity index (χ0v) is 15.8. The Kier molecular flexibility index (Phi) is 4.97. The van der Waals surface area contributed by atoms with Crippen LogP contribution in [0.4, 0.5) is 0 Å². The number of aromatic hydroxyl groups is 1. The van der Waals surface area contributed by atoms with Gasteiger partial charge < -0.3 is 5.11 Å². The molecule has 0 aliphatic heterocycles. The molecule has 2 aromatic heterocycles. The summed E-state index contributed by atoms with van der Waals surface area (Å²) < 4.78 is 0. The van der Waals surface area contributed by atoms with Crippen LogP contribution in [0.3, 0.4) is 0 Å². The summed E-state index contributed by atoms with van der Waals surface area (Å²) in [5.41, 5.74) is 3.06. The van der Waals surface area contributed by atoms with E-state index in [0.717, 1.165) is 22.2 Å². The molecule has 0 saturated heterocycles. The fraction of sp³-hybridized carbons (Fsp3) is 0.0909. The van der Waals surface area contributed by atoms with Gasteiger partial charge in [-0.2, -0.15) is 0 Å². The van der Waals surface area contributed by atoms with E-state index < -0.39 is 0 Å². The number of aromatic nitrogens is 2. The molecule has 0 saturated carbocycles. The Labute approximate surface area is 167 Å². The number of fused-ring (bicyclic) bond motifs is 1. The third-order valence-electron chi connectivity index (χ3n) is 4.63. The summed E-state index contributed by atoms with van der Waals surface area (Å²) in [4.78, 5) is 8.78. The number of pyridine rings is 2. The highest BCUT2D eigenvalue weighted by molar-refractivity contribution is 6.33. The normalized spacial score (nSPS) is 12.2. The Morgan fingerprint density at radius 3 is 2.52 bits per heavy atom. The Bertz CT molecular complexity index is 1100. The van der Waals surface area contributed by atoms with Crippen LogP contribution in [0.2, 0.25) is 10.0 Å². The summed E-state index contributed by atoms with van der Waals surface area (Å²) in [5, 5.41) is 13.0. The topological polar surface area (TPSA) is 46.0 Å². The average Bonchev–Trinajstić information content (AvgIpc) is 2.70. The Balaban J connectivity index is 1.90. The SMILES string of the molecule is Oc1c(C(Cc2ccccn2)c2cc(Cl)ccc2Cl)ccc2cccnc12. The molecule has 4 rings (SSSR count). The Morgan fingerprint density at radius 2 is 1.70 bits per heavy atom. The smallest absolute Gasteiger partial charge is 0.145 e. The van der Waals surface area contributed by atoms with Crippen molar-refractivity contribution in [3.05, 3.63) is 99.9 Å². The highest BCUT2D eigenvalue weighted by atomic mass is 35.5. The highest BCUT2D eigenvalue weighted by Crippen LogP contribution is 2.40. The van der Waals surface area contributed by atoms with Gasteiger partial charge in [-0.05, 0) is 42.0 Å². The molecule has 0 bridgehead atoms. The van der Waals surface area contributed by atoms with E-state index in [0.29, 0.717) is 22.0 Å². The van der Waals surface area contributed by atoms with E-state index in [2.05, 4.69) is 9.97 Å². The third-order valence-corrected chi connectivity index (χ3v) is 5.21. The van der Waals surface area contributed by atoms with Gasteiger partial charge in [0.15, 0.2) is 0 Å². The first-order valence-electron chi connectivity index (χ1n) is 8.55. The van der Waals surface area contributed by atoms with Crippen LogP contribution in [0, 0.1) is 0 Å². The van der Waals surface area contributed by atoms with Crippen molar-refractivity contribution in [2.75, 3.05) is 0 Å². The van der Waals surface area contributed by atoms with Crippen molar-refractivity contribution < 1.29 is 5.11 Å². The minimum atomic E-state index is -0.211. The summed E-state index contributed by atoms with van der Waals surface area (Å²) in [6, 6.07) is 18.8. The highest BCUT2D eigenvalue weighted by Gasteiger charge is 2.23. The predicted octanol–water partition coefficient (Wildman–Crippen LogP) is 6.02. The van der Waals surface area contributed by atoms with E-state index in [-0.39, 0.29) is 11.7 Å². The van der Waals surface area contributed by atoms with Crippen LogP contribution in [-0.2, 0) is 6.42 Å². The minimum Gasteiger partial charge on any atom is -0.505 e. The number of halogens is 2. The molecule has 0 fully saturated rings. The maximum absolute atomic E-state index is 11.0. The Hall–Kier alpha value is -2.62. The summed E-state index contributed by atoms with van der Waals surface area (Å²) in [7, 11) is 0. The van der Waals surface area contributed by atoms with Gasteiger partial charge in [0.1, 0.15) is 11.3 Å². The fourth-order valence-electron chi connectivity index (χ4n) is 3.32. The van der Waals surface area contributed by atoms with Crippen molar-refractivity contribution in [1.29, 1.82) is 0 Å². The van der Waals surface area contributed by atoms with Crippen LogP contribution >= 0.6 is 23.2 Å². The van der Waals surface area contributed by atoms with Crippen molar-refractivity contribution >= 4 is 34.1 Å². The average molecular weight is 395 g/mol. The molecule has 0 radical (unpaired) electrons.